The second kappa shape index (κ2) is 15.7. The molecule has 1 spiro atoms. The summed E-state index contributed by atoms with van der Waals surface area (Å²) in [6, 6.07) is 82.8. The summed E-state index contributed by atoms with van der Waals surface area (Å²) in [6.07, 6.45) is 3.66. The van der Waals surface area contributed by atoms with E-state index in [2.05, 4.69) is 199 Å². The van der Waals surface area contributed by atoms with Gasteiger partial charge in [0.15, 0.2) is 17.5 Å². The molecule has 9 aromatic carbocycles. The Morgan fingerprint density at radius 2 is 0.612 bits per heavy atom. The first-order valence-electron chi connectivity index (χ1n) is 22.8. The van der Waals surface area contributed by atoms with Crippen LogP contribution < -0.4 is 0 Å². The lowest BCUT2D eigenvalue weighted by Crippen LogP contribution is -2.25. The third kappa shape index (κ3) is 6.37. The summed E-state index contributed by atoms with van der Waals surface area (Å²) in [5, 5.41) is 0. The molecule has 4 heteroatoms. The fraction of sp³-hybridized carbons (Fsp3) is 0.0159. The van der Waals surface area contributed by atoms with Gasteiger partial charge in [-0.05, 0) is 119 Å². The summed E-state index contributed by atoms with van der Waals surface area (Å²) in [4.78, 5) is 19.4. The first-order valence-corrected chi connectivity index (χ1v) is 22.8. The lowest BCUT2D eigenvalue weighted by atomic mass is 9.70. The summed E-state index contributed by atoms with van der Waals surface area (Å²) < 4.78 is 0. The quantitative estimate of drug-likeness (QED) is 0.160. The van der Waals surface area contributed by atoms with Crippen LogP contribution in [0.2, 0.25) is 0 Å². The van der Waals surface area contributed by atoms with E-state index in [4.69, 9.17) is 15.0 Å². The molecule has 2 aliphatic carbocycles. The Balaban J connectivity index is 0.846. The third-order valence-corrected chi connectivity index (χ3v) is 13.6. The highest BCUT2D eigenvalue weighted by atomic mass is 15.0. The van der Waals surface area contributed by atoms with Crippen molar-refractivity contribution in [2.75, 3.05) is 0 Å². The fourth-order valence-electron chi connectivity index (χ4n) is 10.6. The van der Waals surface area contributed by atoms with Gasteiger partial charge in [0, 0.05) is 29.1 Å². The molecule has 0 N–H and O–H groups in total. The molecular weight excluding hydrogens is 813 g/mol. The molecule has 0 atom stereocenters. The smallest absolute Gasteiger partial charge is 0.164 e. The van der Waals surface area contributed by atoms with Gasteiger partial charge in [-0.2, -0.15) is 0 Å². The monoisotopic (exact) mass is 852 g/mol. The van der Waals surface area contributed by atoms with Crippen LogP contribution in [-0.2, 0) is 5.41 Å². The van der Waals surface area contributed by atoms with Gasteiger partial charge in [0.1, 0.15) is 0 Å². The van der Waals surface area contributed by atoms with Crippen molar-refractivity contribution < 1.29 is 0 Å². The lowest BCUT2D eigenvalue weighted by molar-refractivity contribution is 0.794. The van der Waals surface area contributed by atoms with Crippen molar-refractivity contribution in [1.29, 1.82) is 0 Å². The van der Waals surface area contributed by atoms with Gasteiger partial charge in [-0.25, -0.2) is 15.0 Å². The van der Waals surface area contributed by atoms with E-state index in [-0.39, 0.29) is 5.41 Å². The van der Waals surface area contributed by atoms with E-state index in [1.165, 1.54) is 55.6 Å². The molecule has 2 aromatic heterocycles. The van der Waals surface area contributed by atoms with Crippen LogP contribution in [0.4, 0.5) is 0 Å². The van der Waals surface area contributed by atoms with Crippen LogP contribution in [0.3, 0.4) is 0 Å². The minimum absolute atomic E-state index is 0.347. The number of hydrogen-bond acceptors (Lipinski definition) is 4. The average Bonchev–Trinajstić information content (AvgIpc) is 3.88. The molecule has 67 heavy (non-hydrogen) atoms. The van der Waals surface area contributed by atoms with Gasteiger partial charge in [0.25, 0.3) is 0 Å². The Morgan fingerprint density at radius 3 is 1.15 bits per heavy atom. The van der Waals surface area contributed by atoms with Gasteiger partial charge in [-0.1, -0.05) is 200 Å². The van der Waals surface area contributed by atoms with E-state index in [1.807, 2.05) is 42.6 Å². The number of fused-ring (bicyclic) bond motifs is 10. The van der Waals surface area contributed by atoms with Crippen LogP contribution in [0, 0.1) is 0 Å². The zero-order valence-corrected chi connectivity index (χ0v) is 36.4. The third-order valence-electron chi connectivity index (χ3n) is 13.6. The first-order chi connectivity index (χ1) is 33.2. The molecule has 2 heterocycles. The van der Waals surface area contributed by atoms with Crippen LogP contribution in [0.15, 0.2) is 243 Å². The second-order valence-electron chi connectivity index (χ2n) is 17.4. The molecular formula is C63H40N4. The maximum absolute atomic E-state index is 5.08. The molecule has 11 aromatic rings. The molecule has 4 nitrogen and oxygen atoms in total. The fourth-order valence-corrected chi connectivity index (χ4v) is 10.6. The van der Waals surface area contributed by atoms with Crippen LogP contribution in [0.1, 0.15) is 22.3 Å². The highest BCUT2D eigenvalue weighted by molar-refractivity contribution is 5.96. The first kappa shape index (κ1) is 38.6. The zero-order valence-electron chi connectivity index (χ0n) is 36.4. The summed E-state index contributed by atoms with van der Waals surface area (Å²) >= 11 is 0. The maximum atomic E-state index is 5.08. The van der Waals surface area contributed by atoms with Gasteiger partial charge in [-0.3, -0.25) is 4.98 Å². The number of hydrogen-bond donors (Lipinski definition) is 0. The van der Waals surface area contributed by atoms with Crippen molar-refractivity contribution in [3.8, 4) is 101 Å². The Hall–Kier alpha value is -8.86. The normalized spacial score (nSPS) is 12.6. The van der Waals surface area contributed by atoms with Crippen molar-refractivity contribution in [1.82, 2.24) is 19.9 Å². The predicted octanol–water partition coefficient (Wildman–Crippen LogP) is 15.3. The molecule has 0 bridgehead atoms. The predicted molar refractivity (Wildman–Crippen MR) is 272 cm³/mol. The summed E-state index contributed by atoms with van der Waals surface area (Å²) in [6.45, 7) is 0. The highest BCUT2D eigenvalue weighted by Gasteiger charge is 2.51. The van der Waals surface area contributed by atoms with Gasteiger partial charge in [-0.15, -0.1) is 0 Å². The summed E-state index contributed by atoms with van der Waals surface area (Å²) in [7, 11) is 0. The minimum Gasteiger partial charge on any atom is -0.264 e. The molecule has 0 aliphatic heterocycles. The van der Waals surface area contributed by atoms with Crippen molar-refractivity contribution in [3.63, 3.8) is 0 Å². The molecule has 0 saturated carbocycles. The molecule has 0 unspecified atom stereocenters. The molecule has 2 aliphatic rings. The standard InChI is InChI=1S/C63H40N4/c1-2-14-42(15-3-1)60-65-61(43-31-29-41(30-32-43)51-22-13-35-64-40-51)67-62(66-60)50-21-12-20-48(38-50)46-18-10-16-44(36-46)45-17-11-19-47(37-45)49-33-34-59-55(39-49)54-25-6-9-28-58(54)63(59)56-26-7-4-23-52(56)53-24-5-8-27-57(53)63/h1-40H. The molecule has 0 amide bonds. The number of benzene rings is 9. The largest absolute Gasteiger partial charge is 0.264 e. The molecule has 0 fully saturated rings. The second-order valence-corrected chi connectivity index (χ2v) is 17.4. The lowest BCUT2D eigenvalue weighted by Gasteiger charge is -2.30. The van der Waals surface area contributed by atoms with E-state index in [1.54, 1.807) is 6.20 Å². The van der Waals surface area contributed by atoms with Crippen molar-refractivity contribution >= 4 is 0 Å². The summed E-state index contributed by atoms with van der Waals surface area (Å²) in [5.74, 6) is 1.87. The number of pyridine rings is 1. The van der Waals surface area contributed by atoms with E-state index in [9.17, 15) is 0 Å². The van der Waals surface area contributed by atoms with Crippen LogP contribution in [0.5, 0.6) is 0 Å². The van der Waals surface area contributed by atoms with Crippen LogP contribution in [0.25, 0.3) is 101 Å². The topological polar surface area (TPSA) is 51.6 Å². The van der Waals surface area contributed by atoms with Gasteiger partial charge < -0.3 is 0 Å². The van der Waals surface area contributed by atoms with E-state index >= 15 is 0 Å². The molecule has 13 rings (SSSR count). The maximum Gasteiger partial charge on any atom is 0.164 e. The van der Waals surface area contributed by atoms with Crippen molar-refractivity contribution in [3.05, 3.63) is 265 Å². The zero-order chi connectivity index (χ0) is 44.3. The van der Waals surface area contributed by atoms with E-state index in [0.29, 0.717) is 17.5 Å². The van der Waals surface area contributed by atoms with Crippen LogP contribution >= 0.6 is 0 Å². The molecule has 0 saturated heterocycles. The van der Waals surface area contributed by atoms with E-state index in [0.717, 1.165) is 50.1 Å². The summed E-state index contributed by atoms with van der Waals surface area (Å²) in [5.41, 5.74) is 22.1. The van der Waals surface area contributed by atoms with Crippen LogP contribution in [-0.4, -0.2) is 19.9 Å². The highest BCUT2D eigenvalue weighted by Crippen LogP contribution is 2.63. The number of aromatic nitrogens is 4. The van der Waals surface area contributed by atoms with Gasteiger partial charge in [0.2, 0.25) is 0 Å². The Kier molecular flexibility index (Phi) is 9.04. The molecule has 0 radical (unpaired) electrons. The molecule has 312 valence electrons. The van der Waals surface area contributed by atoms with Crippen molar-refractivity contribution in [2.45, 2.75) is 5.41 Å². The Labute approximate surface area is 389 Å². The SMILES string of the molecule is c1ccc(-c2nc(-c3ccc(-c4cccnc4)cc3)nc(-c3cccc(-c4cccc(-c5cccc(-c6ccc7c(c6)-c6ccccc6C76c7ccccc7-c7ccccc76)c5)c4)c3)n2)cc1. The Morgan fingerprint density at radius 1 is 0.239 bits per heavy atom. The minimum atomic E-state index is -0.347. The average molecular weight is 853 g/mol. The number of rotatable bonds is 7. The van der Waals surface area contributed by atoms with Gasteiger partial charge >= 0.3 is 0 Å². The van der Waals surface area contributed by atoms with Gasteiger partial charge in [0.05, 0.1) is 5.41 Å². The number of nitrogens with zero attached hydrogens (tertiary/aromatic N) is 4. The Bertz CT molecular complexity index is 3640. The van der Waals surface area contributed by atoms with Crippen molar-refractivity contribution in [2.24, 2.45) is 0 Å². The van der Waals surface area contributed by atoms with E-state index < -0.39 is 0 Å².